The minimum atomic E-state index is -0.0325. The predicted octanol–water partition coefficient (Wildman–Crippen LogP) is 4.35. The molecular weight excluding hydrogens is 328 g/mol. The van der Waals surface area contributed by atoms with Crippen LogP contribution < -0.4 is 5.32 Å². The maximum atomic E-state index is 12.4. The zero-order valence-electron chi connectivity index (χ0n) is 11.9. The molecule has 1 heterocycles. The number of fused-ring (bicyclic) bond motifs is 1. The fourth-order valence-corrected chi connectivity index (χ4v) is 3.25. The number of carbonyl (C=O) groups is 1. The SMILES string of the molecule is Cc1ccccc1NC(=O)N1CCc2c(Br)cccc2C1. The second-order valence-corrected chi connectivity index (χ2v) is 6.15. The topological polar surface area (TPSA) is 32.3 Å². The van der Waals surface area contributed by atoms with E-state index in [1.165, 1.54) is 11.1 Å². The molecule has 0 saturated heterocycles. The Balaban J connectivity index is 1.74. The molecule has 2 amide bonds. The Kier molecular flexibility index (Phi) is 3.97. The van der Waals surface area contributed by atoms with Crippen LogP contribution in [0.2, 0.25) is 0 Å². The molecular formula is C17H17BrN2O. The smallest absolute Gasteiger partial charge is 0.320 e. The molecule has 0 atom stereocenters. The molecule has 1 N–H and O–H groups in total. The number of rotatable bonds is 1. The summed E-state index contributed by atoms with van der Waals surface area (Å²) in [4.78, 5) is 14.3. The monoisotopic (exact) mass is 344 g/mol. The molecule has 3 nitrogen and oxygen atoms in total. The highest BCUT2D eigenvalue weighted by molar-refractivity contribution is 9.10. The van der Waals surface area contributed by atoms with Gasteiger partial charge in [0.1, 0.15) is 0 Å². The quantitative estimate of drug-likeness (QED) is 0.819. The van der Waals surface area contributed by atoms with E-state index in [1.807, 2.05) is 42.2 Å². The summed E-state index contributed by atoms with van der Waals surface area (Å²) in [7, 11) is 0. The minimum Gasteiger partial charge on any atom is -0.320 e. The van der Waals surface area contributed by atoms with Gasteiger partial charge in [0.05, 0.1) is 0 Å². The first-order valence-corrected chi connectivity index (χ1v) is 7.82. The van der Waals surface area contributed by atoms with Gasteiger partial charge in [-0.25, -0.2) is 4.79 Å². The van der Waals surface area contributed by atoms with Crippen molar-refractivity contribution in [1.29, 1.82) is 0 Å². The van der Waals surface area contributed by atoms with Gasteiger partial charge in [-0.2, -0.15) is 0 Å². The molecule has 0 aromatic heterocycles. The zero-order valence-corrected chi connectivity index (χ0v) is 13.5. The number of hydrogen-bond acceptors (Lipinski definition) is 1. The summed E-state index contributed by atoms with van der Waals surface area (Å²) < 4.78 is 1.14. The predicted molar refractivity (Wildman–Crippen MR) is 88.5 cm³/mol. The number of amides is 2. The Hall–Kier alpha value is -1.81. The molecule has 2 aromatic carbocycles. The molecule has 0 unspecified atom stereocenters. The lowest BCUT2D eigenvalue weighted by Gasteiger charge is -2.29. The largest absolute Gasteiger partial charge is 0.322 e. The first-order chi connectivity index (χ1) is 10.1. The number of halogens is 1. The number of aryl methyl sites for hydroxylation is 1. The summed E-state index contributed by atoms with van der Waals surface area (Å²) >= 11 is 3.58. The van der Waals surface area contributed by atoms with Gasteiger partial charge in [0.25, 0.3) is 0 Å². The number of carbonyl (C=O) groups excluding carboxylic acids is 1. The maximum absolute atomic E-state index is 12.4. The number of benzene rings is 2. The van der Waals surface area contributed by atoms with Crippen LogP contribution in [0.25, 0.3) is 0 Å². The molecule has 4 heteroatoms. The van der Waals surface area contributed by atoms with E-state index in [9.17, 15) is 4.79 Å². The van der Waals surface area contributed by atoms with Crippen LogP contribution >= 0.6 is 15.9 Å². The number of anilines is 1. The van der Waals surface area contributed by atoms with Gasteiger partial charge in [-0.05, 0) is 42.2 Å². The average Bonchev–Trinajstić information content (AvgIpc) is 2.49. The molecule has 0 spiro atoms. The lowest BCUT2D eigenvalue weighted by atomic mass is 10.0. The summed E-state index contributed by atoms with van der Waals surface area (Å²) in [5, 5.41) is 3.00. The van der Waals surface area contributed by atoms with Gasteiger partial charge in [0.2, 0.25) is 0 Å². The molecule has 3 rings (SSSR count). The van der Waals surface area contributed by atoms with E-state index in [0.29, 0.717) is 6.54 Å². The second kappa shape index (κ2) is 5.90. The Morgan fingerprint density at radius 2 is 2.00 bits per heavy atom. The van der Waals surface area contributed by atoms with Crippen LogP contribution in [-0.2, 0) is 13.0 Å². The number of para-hydroxylation sites is 1. The van der Waals surface area contributed by atoms with Crippen LogP contribution in [-0.4, -0.2) is 17.5 Å². The Bertz CT molecular complexity index is 684. The van der Waals surface area contributed by atoms with E-state index in [2.05, 4.69) is 33.4 Å². The number of urea groups is 1. The van der Waals surface area contributed by atoms with Gasteiger partial charge < -0.3 is 10.2 Å². The van der Waals surface area contributed by atoms with Gasteiger partial charge in [-0.1, -0.05) is 46.3 Å². The maximum Gasteiger partial charge on any atom is 0.322 e. The normalized spacial score (nSPS) is 13.7. The van der Waals surface area contributed by atoms with Crippen LogP contribution in [0.1, 0.15) is 16.7 Å². The third-order valence-corrected chi connectivity index (χ3v) is 4.63. The molecule has 0 saturated carbocycles. The van der Waals surface area contributed by atoms with Crippen molar-refractivity contribution in [3.8, 4) is 0 Å². The first kappa shape index (κ1) is 14.1. The summed E-state index contributed by atoms with van der Waals surface area (Å²) in [6.45, 7) is 3.40. The van der Waals surface area contributed by atoms with E-state index < -0.39 is 0 Å². The first-order valence-electron chi connectivity index (χ1n) is 7.03. The van der Waals surface area contributed by atoms with Crippen molar-refractivity contribution in [2.75, 3.05) is 11.9 Å². The fourth-order valence-electron chi connectivity index (χ4n) is 2.64. The van der Waals surface area contributed by atoms with Crippen molar-refractivity contribution in [3.63, 3.8) is 0 Å². The molecule has 0 radical (unpaired) electrons. The van der Waals surface area contributed by atoms with Gasteiger partial charge in [0.15, 0.2) is 0 Å². The van der Waals surface area contributed by atoms with Crippen molar-refractivity contribution in [2.45, 2.75) is 19.9 Å². The van der Waals surface area contributed by atoms with Crippen molar-refractivity contribution in [1.82, 2.24) is 4.90 Å². The second-order valence-electron chi connectivity index (χ2n) is 5.29. The Labute approximate surface area is 133 Å². The van der Waals surface area contributed by atoms with Crippen molar-refractivity contribution < 1.29 is 4.79 Å². The zero-order chi connectivity index (χ0) is 14.8. The van der Waals surface area contributed by atoms with Crippen molar-refractivity contribution in [3.05, 3.63) is 63.6 Å². The summed E-state index contributed by atoms with van der Waals surface area (Å²) in [5.74, 6) is 0. The van der Waals surface area contributed by atoms with Gasteiger partial charge in [-0.3, -0.25) is 0 Å². The molecule has 21 heavy (non-hydrogen) atoms. The highest BCUT2D eigenvalue weighted by Gasteiger charge is 2.22. The number of hydrogen-bond donors (Lipinski definition) is 1. The molecule has 1 aliphatic heterocycles. The van der Waals surface area contributed by atoms with E-state index in [1.54, 1.807) is 0 Å². The highest BCUT2D eigenvalue weighted by atomic mass is 79.9. The minimum absolute atomic E-state index is 0.0325. The summed E-state index contributed by atoms with van der Waals surface area (Å²) in [5.41, 5.74) is 4.49. The molecule has 0 fully saturated rings. The van der Waals surface area contributed by atoms with E-state index in [-0.39, 0.29) is 6.03 Å². The van der Waals surface area contributed by atoms with E-state index in [0.717, 1.165) is 28.7 Å². The highest BCUT2D eigenvalue weighted by Crippen LogP contribution is 2.26. The number of nitrogens with zero attached hydrogens (tertiary/aromatic N) is 1. The molecule has 2 aromatic rings. The van der Waals surface area contributed by atoms with Gasteiger partial charge >= 0.3 is 6.03 Å². The summed E-state index contributed by atoms with van der Waals surface area (Å²) in [6.07, 6.45) is 0.887. The van der Waals surface area contributed by atoms with Crippen LogP contribution in [0, 0.1) is 6.92 Å². The Morgan fingerprint density at radius 3 is 2.81 bits per heavy atom. The third-order valence-electron chi connectivity index (χ3n) is 3.88. The van der Waals surface area contributed by atoms with Crippen LogP contribution in [0.3, 0.4) is 0 Å². The lowest BCUT2D eigenvalue weighted by molar-refractivity contribution is 0.206. The van der Waals surface area contributed by atoms with Gasteiger partial charge in [-0.15, -0.1) is 0 Å². The molecule has 1 aliphatic rings. The molecule has 0 bridgehead atoms. The standard InChI is InChI=1S/C17H17BrN2O/c1-12-5-2-3-8-16(12)19-17(21)20-10-9-14-13(11-20)6-4-7-15(14)18/h2-8H,9-11H2,1H3,(H,19,21). The van der Waals surface area contributed by atoms with Crippen molar-refractivity contribution >= 4 is 27.6 Å². The van der Waals surface area contributed by atoms with Crippen LogP contribution in [0.4, 0.5) is 10.5 Å². The third kappa shape index (κ3) is 2.95. The van der Waals surface area contributed by atoms with Crippen LogP contribution in [0.15, 0.2) is 46.9 Å². The summed E-state index contributed by atoms with van der Waals surface area (Å²) in [6, 6.07) is 14.0. The van der Waals surface area contributed by atoms with Gasteiger partial charge in [0, 0.05) is 23.2 Å². The van der Waals surface area contributed by atoms with E-state index in [4.69, 9.17) is 0 Å². The lowest BCUT2D eigenvalue weighted by Crippen LogP contribution is -2.39. The Morgan fingerprint density at radius 1 is 1.19 bits per heavy atom. The van der Waals surface area contributed by atoms with Crippen molar-refractivity contribution in [2.24, 2.45) is 0 Å². The van der Waals surface area contributed by atoms with E-state index >= 15 is 0 Å². The molecule has 0 aliphatic carbocycles. The van der Waals surface area contributed by atoms with Crippen LogP contribution in [0.5, 0.6) is 0 Å². The average molecular weight is 345 g/mol. The number of nitrogens with one attached hydrogen (secondary N) is 1. The fraction of sp³-hybridized carbons (Fsp3) is 0.235. The molecule has 108 valence electrons.